The third-order valence-corrected chi connectivity index (χ3v) is 4.75. The van der Waals surface area contributed by atoms with E-state index in [4.69, 9.17) is 10.5 Å². The summed E-state index contributed by atoms with van der Waals surface area (Å²) in [6.45, 7) is 2.94. The van der Waals surface area contributed by atoms with Gasteiger partial charge in [0.1, 0.15) is 23.3 Å². The molecule has 0 amide bonds. The summed E-state index contributed by atoms with van der Waals surface area (Å²) in [4.78, 5) is 8.62. The number of anilines is 2. The molecule has 176 valence electrons. The molecule has 0 saturated heterocycles. The van der Waals surface area contributed by atoms with E-state index >= 15 is 0 Å². The van der Waals surface area contributed by atoms with E-state index in [1.54, 1.807) is 12.1 Å². The Kier molecular flexibility index (Phi) is 8.54. The summed E-state index contributed by atoms with van der Waals surface area (Å²) in [5.74, 6) is 1.22. The minimum absolute atomic E-state index is 0. The van der Waals surface area contributed by atoms with Crippen LogP contribution in [0.25, 0.3) is 11.0 Å². The Morgan fingerprint density at radius 3 is 2.55 bits per heavy atom. The lowest BCUT2D eigenvalue weighted by atomic mass is 10.2. The van der Waals surface area contributed by atoms with Crippen molar-refractivity contribution in [2.45, 2.75) is 19.6 Å². The van der Waals surface area contributed by atoms with Crippen LogP contribution in [0.3, 0.4) is 0 Å². The van der Waals surface area contributed by atoms with Gasteiger partial charge >= 0.3 is 6.18 Å². The number of nitrogens with one attached hydrogen (secondary N) is 1. The lowest BCUT2D eigenvalue weighted by Crippen LogP contribution is -2.10. The third-order valence-electron chi connectivity index (χ3n) is 4.75. The molecule has 0 atom stereocenters. The highest BCUT2D eigenvalue weighted by Crippen LogP contribution is 2.34. The van der Waals surface area contributed by atoms with Crippen molar-refractivity contribution in [1.29, 1.82) is 0 Å². The number of hydrogen-bond acceptors (Lipinski definition) is 5. The van der Waals surface area contributed by atoms with Crippen molar-refractivity contribution in [1.82, 2.24) is 14.5 Å². The second kappa shape index (κ2) is 10.7. The molecule has 2 aromatic heterocycles. The van der Waals surface area contributed by atoms with Gasteiger partial charge in [-0.3, -0.25) is 0 Å². The van der Waals surface area contributed by atoms with Crippen LogP contribution < -0.4 is 15.8 Å². The van der Waals surface area contributed by atoms with Gasteiger partial charge in [0.25, 0.3) is 0 Å². The molecule has 0 saturated carbocycles. The molecule has 33 heavy (non-hydrogen) atoms. The first-order chi connectivity index (χ1) is 14.8. The summed E-state index contributed by atoms with van der Waals surface area (Å²) in [7, 11) is 0. The number of nitrogens with two attached hydrogens (primary N) is 1. The quantitative estimate of drug-likeness (QED) is 0.335. The van der Waals surface area contributed by atoms with Gasteiger partial charge in [-0.15, -0.1) is 24.8 Å². The fourth-order valence-corrected chi connectivity index (χ4v) is 3.29. The molecule has 0 aliphatic rings. The van der Waals surface area contributed by atoms with Crippen LogP contribution >= 0.6 is 24.8 Å². The summed E-state index contributed by atoms with van der Waals surface area (Å²) >= 11 is 0. The first kappa shape index (κ1) is 26.2. The highest BCUT2D eigenvalue weighted by Gasteiger charge is 2.30. The number of fused-ring (bicyclic) bond motifs is 1. The molecule has 4 rings (SSSR count). The number of halogens is 5. The molecule has 3 N–H and O–H groups in total. The zero-order valence-electron chi connectivity index (χ0n) is 17.5. The number of ether oxygens (including phenoxy) is 1. The Bertz CT molecular complexity index is 1230. The van der Waals surface area contributed by atoms with Crippen LogP contribution in [-0.2, 0) is 12.7 Å². The fraction of sp³-hybridized carbons (Fsp3) is 0.182. The highest BCUT2D eigenvalue weighted by atomic mass is 35.5. The standard InChI is InChI=1S/C22H20F3N5O.2ClH/c1-14-11-16(29-21-20-18(27-13-28-21)7-9-30(20)10-8-26)5-6-19(14)31-17-4-2-3-15(12-17)22(23,24)25;;/h2-7,9,11-13H,8,10,26H2,1H3,(H,27,28,29);2*1H. The number of benzene rings is 2. The lowest BCUT2D eigenvalue weighted by molar-refractivity contribution is -0.137. The van der Waals surface area contributed by atoms with Crippen molar-refractivity contribution >= 4 is 47.4 Å². The van der Waals surface area contributed by atoms with Crippen molar-refractivity contribution < 1.29 is 17.9 Å². The van der Waals surface area contributed by atoms with E-state index in [9.17, 15) is 13.2 Å². The molecule has 0 radical (unpaired) electrons. The predicted molar refractivity (Wildman–Crippen MR) is 127 cm³/mol. The van der Waals surface area contributed by atoms with Gasteiger partial charge in [-0.2, -0.15) is 13.2 Å². The van der Waals surface area contributed by atoms with Gasteiger partial charge in [0.05, 0.1) is 11.1 Å². The Labute approximate surface area is 200 Å². The molecule has 6 nitrogen and oxygen atoms in total. The van der Waals surface area contributed by atoms with Crippen molar-refractivity contribution in [3.8, 4) is 11.5 Å². The normalized spacial score (nSPS) is 10.9. The maximum Gasteiger partial charge on any atom is 0.416 e. The second-order valence-corrected chi connectivity index (χ2v) is 6.99. The van der Waals surface area contributed by atoms with Crippen LogP contribution in [0.15, 0.2) is 61.1 Å². The van der Waals surface area contributed by atoms with Gasteiger partial charge in [-0.1, -0.05) is 6.07 Å². The van der Waals surface area contributed by atoms with Crippen LogP contribution in [0.2, 0.25) is 0 Å². The van der Waals surface area contributed by atoms with Crippen LogP contribution in [0.5, 0.6) is 11.5 Å². The van der Waals surface area contributed by atoms with Crippen molar-refractivity contribution in [3.05, 3.63) is 72.2 Å². The SMILES string of the molecule is Cc1cc(Nc2ncnc3ccn(CCN)c23)ccc1Oc1cccc(C(F)(F)F)c1.Cl.Cl. The summed E-state index contributed by atoms with van der Waals surface area (Å²) in [5, 5.41) is 3.28. The summed E-state index contributed by atoms with van der Waals surface area (Å²) in [5.41, 5.74) is 8.09. The number of nitrogens with zero attached hydrogens (tertiary/aromatic N) is 3. The minimum Gasteiger partial charge on any atom is -0.457 e. The van der Waals surface area contributed by atoms with E-state index in [0.717, 1.165) is 34.4 Å². The molecule has 0 bridgehead atoms. The Hall–Kier alpha value is -3.01. The molecular weight excluding hydrogens is 478 g/mol. The molecule has 11 heteroatoms. The monoisotopic (exact) mass is 499 g/mol. The zero-order chi connectivity index (χ0) is 22.0. The first-order valence-corrected chi connectivity index (χ1v) is 9.58. The average Bonchev–Trinajstić information content (AvgIpc) is 3.14. The summed E-state index contributed by atoms with van der Waals surface area (Å²) in [6.07, 6.45) is -1.03. The lowest BCUT2D eigenvalue weighted by Gasteiger charge is -2.14. The van der Waals surface area contributed by atoms with Crippen molar-refractivity contribution in [3.63, 3.8) is 0 Å². The van der Waals surface area contributed by atoms with Gasteiger partial charge < -0.3 is 20.4 Å². The fourth-order valence-electron chi connectivity index (χ4n) is 3.29. The van der Waals surface area contributed by atoms with Gasteiger partial charge in [-0.25, -0.2) is 9.97 Å². The number of rotatable bonds is 6. The van der Waals surface area contributed by atoms with E-state index in [1.807, 2.05) is 29.8 Å². The molecule has 0 aliphatic carbocycles. The number of aryl methyl sites for hydroxylation is 1. The third kappa shape index (κ3) is 5.87. The molecule has 2 aromatic carbocycles. The Balaban J connectivity index is 0.00000193. The van der Waals surface area contributed by atoms with E-state index in [2.05, 4.69) is 15.3 Å². The van der Waals surface area contributed by atoms with Crippen LogP contribution in [0.1, 0.15) is 11.1 Å². The molecular formula is C22H22Cl2F3N5O. The van der Waals surface area contributed by atoms with E-state index in [1.165, 1.54) is 18.5 Å². The van der Waals surface area contributed by atoms with Gasteiger partial charge in [0.15, 0.2) is 5.82 Å². The van der Waals surface area contributed by atoms with Gasteiger partial charge in [0.2, 0.25) is 0 Å². The van der Waals surface area contributed by atoms with Crippen molar-refractivity contribution in [2.75, 3.05) is 11.9 Å². The zero-order valence-corrected chi connectivity index (χ0v) is 19.1. The number of alkyl halides is 3. The van der Waals surface area contributed by atoms with Crippen molar-refractivity contribution in [2.24, 2.45) is 5.73 Å². The summed E-state index contributed by atoms with van der Waals surface area (Å²) in [6, 6.07) is 12.0. The maximum absolute atomic E-state index is 12.9. The largest absolute Gasteiger partial charge is 0.457 e. The van der Waals surface area contributed by atoms with Crippen LogP contribution in [0, 0.1) is 6.92 Å². The molecule has 0 unspecified atom stereocenters. The second-order valence-electron chi connectivity index (χ2n) is 6.99. The Morgan fingerprint density at radius 1 is 1.06 bits per heavy atom. The van der Waals surface area contributed by atoms with Crippen LogP contribution in [0.4, 0.5) is 24.7 Å². The maximum atomic E-state index is 12.9. The molecule has 0 fully saturated rings. The van der Waals surface area contributed by atoms with E-state index in [0.29, 0.717) is 24.7 Å². The van der Waals surface area contributed by atoms with Gasteiger partial charge in [0, 0.05) is 25.0 Å². The first-order valence-electron chi connectivity index (χ1n) is 9.58. The molecule has 4 aromatic rings. The van der Waals surface area contributed by atoms with E-state index < -0.39 is 11.7 Å². The minimum atomic E-state index is -4.42. The van der Waals surface area contributed by atoms with Gasteiger partial charge in [-0.05, 0) is 55.0 Å². The van der Waals surface area contributed by atoms with E-state index in [-0.39, 0.29) is 30.6 Å². The molecule has 2 heterocycles. The molecule has 0 spiro atoms. The molecule has 0 aliphatic heterocycles. The highest BCUT2D eigenvalue weighted by molar-refractivity contribution is 5.88. The average molecular weight is 500 g/mol. The smallest absolute Gasteiger partial charge is 0.416 e. The predicted octanol–water partition coefficient (Wildman–Crippen LogP) is 6.10. The topological polar surface area (TPSA) is 78.0 Å². The van der Waals surface area contributed by atoms with Crippen LogP contribution in [-0.4, -0.2) is 21.1 Å². The number of hydrogen-bond donors (Lipinski definition) is 2. The summed E-state index contributed by atoms with van der Waals surface area (Å²) < 4.78 is 46.5. The number of aromatic nitrogens is 3. The Morgan fingerprint density at radius 2 is 1.85 bits per heavy atom.